The summed E-state index contributed by atoms with van der Waals surface area (Å²) in [5.41, 5.74) is 0. The second-order valence-electron chi connectivity index (χ2n) is 5.25. The molecule has 1 aliphatic carbocycles. The number of rotatable bonds is 3. The largest absolute Gasteiger partial charge is 0.340 e. The Kier molecular flexibility index (Phi) is 3.85. The third kappa shape index (κ3) is 2.40. The van der Waals surface area contributed by atoms with E-state index in [2.05, 4.69) is 23.6 Å². The molecule has 0 aromatic rings. The lowest BCUT2D eigenvalue weighted by atomic mass is 9.84. The molecule has 2 aliphatic rings. The zero-order chi connectivity index (χ0) is 11.5. The number of amides is 1. The molecule has 1 amide bonds. The van der Waals surface area contributed by atoms with Gasteiger partial charge in [0.1, 0.15) is 0 Å². The summed E-state index contributed by atoms with van der Waals surface area (Å²) >= 11 is 0. The van der Waals surface area contributed by atoms with Crippen molar-refractivity contribution in [3.63, 3.8) is 0 Å². The first-order valence-electron chi connectivity index (χ1n) is 6.75. The number of nitrogens with zero attached hydrogens (tertiary/aromatic N) is 2. The Balaban J connectivity index is 1.78. The Bertz CT molecular complexity index is 242. The van der Waals surface area contributed by atoms with Gasteiger partial charge in [-0.15, -0.1) is 0 Å². The van der Waals surface area contributed by atoms with Gasteiger partial charge in [0, 0.05) is 38.1 Å². The van der Waals surface area contributed by atoms with Crippen molar-refractivity contribution in [3.05, 3.63) is 0 Å². The monoisotopic (exact) mass is 224 g/mol. The number of carbonyl (C=O) groups excluding carboxylic acids is 1. The van der Waals surface area contributed by atoms with Crippen molar-refractivity contribution in [2.45, 2.75) is 45.6 Å². The van der Waals surface area contributed by atoms with Gasteiger partial charge in [-0.3, -0.25) is 9.69 Å². The normalized spacial score (nSPS) is 25.2. The Morgan fingerprint density at radius 1 is 1.25 bits per heavy atom. The summed E-state index contributed by atoms with van der Waals surface area (Å²) in [5.74, 6) is 0.796. The van der Waals surface area contributed by atoms with E-state index in [1.807, 2.05) is 0 Å². The van der Waals surface area contributed by atoms with E-state index >= 15 is 0 Å². The summed E-state index contributed by atoms with van der Waals surface area (Å²) in [4.78, 5) is 16.6. The van der Waals surface area contributed by atoms with E-state index in [0.29, 0.717) is 17.9 Å². The molecule has 0 radical (unpaired) electrons. The van der Waals surface area contributed by atoms with E-state index in [0.717, 1.165) is 39.0 Å². The molecule has 16 heavy (non-hydrogen) atoms. The molecule has 0 N–H and O–H groups in total. The van der Waals surface area contributed by atoms with Crippen molar-refractivity contribution in [2.75, 3.05) is 26.2 Å². The molecule has 3 nitrogen and oxygen atoms in total. The predicted molar refractivity (Wildman–Crippen MR) is 65.2 cm³/mol. The minimum Gasteiger partial charge on any atom is -0.340 e. The van der Waals surface area contributed by atoms with Crippen molar-refractivity contribution in [1.82, 2.24) is 9.80 Å². The SMILES string of the molecule is CCC(C)N1CCN(C(=O)C2CCC2)CC1. The standard InChI is InChI=1S/C13H24N2O/c1-3-11(2)14-7-9-15(10-8-14)13(16)12-5-4-6-12/h11-12H,3-10H2,1-2H3. The van der Waals surface area contributed by atoms with Crippen LogP contribution in [-0.2, 0) is 4.79 Å². The third-order valence-corrected chi connectivity index (χ3v) is 4.29. The summed E-state index contributed by atoms with van der Waals surface area (Å²) in [6.07, 6.45) is 4.72. The molecule has 1 saturated heterocycles. The highest BCUT2D eigenvalue weighted by atomic mass is 16.2. The Morgan fingerprint density at radius 3 is 2.31 bits per heavy atom. The zero-order valence-electron chi connectivity index (χ0n) is 10.6. The van der Waals surface area contributed by atoms with Gasteiger partial charge >= 0.3 is 0 Å². The van der Waals surface area contributed by atoms with Crippen molar-refractivity contribution in [1.29, 1.82) is 0 Å². The van der Waals surface area contributed by atoms with Gasteiger partial charge in [0.15, 0.2) is 0 Å². The van der Waals surface area contributed by atoms with Crippen LogP contribution in [0.25, 0.3) is 0 Å². The number of piperazine rings is 1. The molecule has 2 fully saturated rings. The van der Waals surface area contributed by atoms with Crippen LogP contribution in [0, 0.1) is 5.92 Å². The van der Waals surface area contributed by atoms with Gasteiger partial charge in [0.2, 0.25) is 5.91 Å². The quantitative estimate of drug-likeness (QED) is 0.729. The van der Waals surface area contributed by atoms with Crippen molar-refractivity contribution < 1.29 is 4.79 Å². The van der Waals surface area contributed by atoms with Gasteiger partial charge < -0.3 is 4.90 Å². The van der Waals surface area contributed by atoms with E-state index in [-0.39, 0.29) is 0 Å². The van der Waals surface area contributed by atoms with E-state index < -0.39 is 0 Å². The molecule has 1 heterocycles. The topological polar surface area (TPSA) is 23.6 Å². The van der Waals surface area contributed by atoms with Crippen molar-refractivity contribution in [3.8, 4) is 0 Å². The molecule has 1 aliphatic heterocycles. The van der Waals surface area contributed by atoms with Gasteiger partial charge in [-0.25, -0.2) is 0 Å². The second kappa shape index (κ2) is 5.17. The first-order chi connectivity index (χ1) is 7.72. The highest BCUT2D eigenvalue weighted by Gasteiger charge is 2.31. The maximum Gasteiger partial charge on any atom is 0.225 e. The van der Waals surface area contributed by atoms with Crippen LogP contribution in [0.5, 0.6) is 0 Å². The molecule has 1 unspecified atom stereocenters. The minimum atomic E-state index is 0.371. The van der Waals surface area contributed by atoms with Crippen LogP contribution in [0.4, 0.5) is 0 Å². The van der Waals surface area contributed by atoms with Gasteiger partial charge in [0.05, 0.1) is 0 Å². The number of carbonyl (C=O) groups is 1. The lowest BCUT2D eigenvalue weighted by molar-refractivity contribution is -0.140. The molecule has 0 bridgehead atoms. The Morgan fingerprint density at radius 2 is 1.88 bits per heavy atom. The molecule has 3 heteroatoms. The van der Waals surface area contributed by atoms with Crippen molar-refractivity contribution in [2.24, 2.45) is 5.92 Å². The van der Waals surface area contributed by atoms with Crippen LogP contribution in [0.1, 0.15) is 39.5 Å². The van der Waals surface area contributed by atoms with Gasteiger partial charge in [0.25, 0.3) is 0 Å². The molecule has 1 saturated carbocycles. The molecule has 2 rings (SSSR count). The second-order valence-corrected chi connectivity index (χ2v) is 5.25. The molecule has 0 aromatic carbocycles. The summed E-state index contributed by atoms with van der Waals surface area (Å²) in [6.45, 7) is 8.53. The molecular weight excluding hydrogens is 200 g/mol. The zero-order valence-corrected chi connectivity index (χ0v) is 10.6. The third-order valence-electron chi connectivity index (χ3n) is 4.29. The van der Waals surface area contributed by atoms with Gasteiger partial charge in [-0.1, -0.05) is 13.3 Å². The van der Waals surface area contributed by atoms with Gasteiger partial charge in [-0.05, 0) is 26.2 Å². The first-order valence-corrected chi connectivity index (χ1v) is 6.75. The van der Waals surface area contributed by atoms with Crippen LogP contribution in [0.2, 0.25) is 0 Å². The fourth-order valence-electron chi connectivity index (χ4n) is 2.55. The van der Waals surface area contributed by atoms with Crippen LogP contribution in [0.15, 0.2) is 0 Å². The van der Waals surface area contributed by atoms with Crippen LogP contribution >= 0.6 is 0 Å². The summed E-state index contributed by atoms with van der Waals surface area (Å²) in [7, 11) is 0. The highest BCUT2D eigenvalue weighted by Crippen LogP contribution is 2.28. The van der Waals surface area contributed by atoms with E-state index in [1.54, 1.807) is 0 Å². The van der Waals surface area contributed by atoms with E-state index in [1.165, 1.54) is 12.8 Å². The maximum atomic E-state index is 12.0. The van der Waals surface area contributed by atoms with Crippen molar-refractivity contribution >= 4 is 5.91 Å². The highest BCUT2D eigenvalue weighted by molar-refractivity contribution is 5.79. The Labute approximate surface area is 98.8 Å². The molecule has 1 atom stereocenters. The number of hydrogen-bond donors (Lipinski definition) is 0. The van der Waals surface area contributed by atoms with E-state index in [9.17, 15) is 4.79 Å². The lowest BCUT2D eigenvalue weighted by Crippen LogP contribution is -2.53. The molecule has 0 aromatic heterocycles. The average Bonchev–Trinajstić information content (AvgIpc) is 2.26. The smallest absolute Gasteiger partial charge is 0.225 e. The van der Waals surface area contributed by atoms with Crippen LogP contribution in [0.3, 0.4) is 0 Å². The minimum absolute atomic E-state index is 0.371. The fourth-order valence-corrected chi connectivity index (χ4v) is 2.55. The summed E-state index contributed by atoms with van der Waals surface area (Å²) in [5, 5.41) is 0. The first kappa shape index (κ1) is 11.9. The molecular formula is C13H24N2O. The van der Waals surface area contributed by atoms with Gasteiger partial charge in [-0.2, -0.15) is 0 Å². The summed E-state index contributed by atoms with van der Waals surface area (Å²) < 4.78 is 0. The lowest BCUT2D eigenvalue weighted by Gasteiger charge is -2.40. The van der Waals surface area contributed by atoms with Crippen LogP contribution in [-0.4, -0.2) is 47.9 Å². The Hall–Kier alpha value is -0.570. The maximum absolute atomic E-state index is 12.0. The predicted octanol–water partition coefficient (Wildman–Crippen LogP) is 1.73. The number of hydrogen-bond acceptors (Lipinski definition) is 2. The average molecular weight is 224 g/mol. The molecule has 0 spiro atoms. The van der Waals surface area contributed by atoms with E-state index in [4.69, 9.17) is 0 Å². The fraction of sp³-hybridized carbons (Fsp3) is 0.923. The summed E-state index contributed by atoms with van der Waals surface area (Å²) in [6, 6.07) is 0.668. The van der Waals surface area contributed by atoms with Crippen LogP contribution < -0.4 is 0 Å². The molecule has 92 valence electrons.